The van der Waals surface area contributed by atoms with Gasteiger partial charge >= 0.3 is 11.3 Å². The summed E-state index contributed by atoms with van der Waals surface area (Å²) in [7, 11) is -1.44. The highest BCUT2D eigenvalue weighted by Crippen LogP contribution is 2.22. The van der Waals surface area contributed by atoms with E-state index in [1.54, 1.807) is 6.07 Å². The number of fused-ring (bicyclic) bond motifs is 2. The van der Waals surface area contributed by atoms with E-state index in [2.05, 4.69) is 25.3 Å². The van der Waals surface area contributed by atoms with E-state index in [4.69, 9.17) is 19.8 Å². The smallest absolute Gasteiger partial charge is 0.337 e. The number of hydrogen-bond donors (Lipinski definition) is 4. The Balaban J connectivity index is 0.000000249. The molecule has 5 N–H and O–H groups in total. The summed E-state index contributed by atoms with van der Waals surface area (Å²) in [5.41, 5.74) is 4.89. The van der Waals surface area contributed by atoms with Crippen molar-refractivity contribution in [2.75, 3.05) is 11.6 Å². The van der Waals surface area contributed by atoms with Gasteiger partial charge in [-0.15, -0.1) is 0 Å². The standard InChI is InChI=1S/C13H15N3O3.C10H10N2O4S.C4H9N.C2H3N.CH4/c1-2-7-6-9(17)19-12-10(7)11(18)15-13(16-12)14-8-4-3-5-8;1-3-5-4-6(13)16-9-7(5)8(14)11-10(12-9)17(2)15;5-4-2-1-3-4;1-2-3;/h6,8H,2-5H2,1H3,(H2,14,15,16,18);4H,3H2,1-2H3,(H,11,12,14);4H,1-3,5H2;1H3;1H4. The van der Waals surface area contributed by atoms with Crippen molar-refractivity contribution in [1.82, 2.24) is 19.9 Å². The molecule has 244 valence electrons. The van der Waals surface area contributed by atoms with Gasteiger partial charge in [0.1, 0.15) is 10.8 Å². The minimum atomic E-state index is -1.44. The van der Waals surface area contributed by atoms with E-state index in [-0.39, 0.29) is 35.0 Å². The van der Waals surface area contributed by atoms with Crippen molar-refractivity contribution < 1.29 is 13.0 Å². The van der Waals surface area contributed by atoms with Gasteiger partial charge in [0.15, 0.2) is 0 Å². The first-order valence-corrected chi connectivity index (χ1v) is 15.9. The number of aryl methyl sites for hydroxylation is 2. The van der Waals surface area contributed by atoms with Crippen LogP contribution in [0.15, 0.2) is 45.3 Å². The molecular weight excluding hydrogens is 602 g/mol. The van der Waals surface area contributed by atoms with Crippen LogP contribution in [0.25, 0.3) is 22.2 Å². The molecule has 15 heteroatoms. The number of anilines is 1. The largest absolute Gasteiger partial charge is 0.403 e. The minimum Gasteiger partial charge on any atom is -0.403 e. The molecule has 14 nitrogen and oxygen atoms in total. The second-order valence-electron chi connectivity index (χ2n) is 10.2. The van der Waals surface area contributed by atoms with Crippen LogP contribution >= 0.6 is 0 Å². The molecule has 0 saturated heterocycles. The Morgan fingerprint density at radius 2 is 1.38 bits per heavy atom. The molecule has 2 fully saturated rings. The van der Waals surface area contributed by atoms with Crippen LogP contribution in [-0.2, 0) is 23.6 Å². The summed E-state index contributed by atoms with van der Waals surface area (Å²) in [5, 5.41) is 11.1. The Labute approximate surface area is 261 Å². The maximum atomic E-state index is 12.1. The zero-order valence-electron chi connectivity index (χ0n) is 25.2. The van der Waals surface area contributed by atoms with Gasteiger partial charge in [-0.05, 0) is 56.1 Å². The third-order valence-electron chi connectivity index (χ3n) is 7.00. The Kier molecular flexibility index (Phi) is 14.0. The first kappa shape index (κ1) is 36.8. The molecule has 2 aliphatic rings. The number of aromatic nitrogens is 4. The molecule has 4 heterocycles. The van der Waals surface area contributed by atoms with E-state index < -0.39 is 27.6 Å². The van der Waals surface area contributed by atoms with Crippen molar-refractivity contribution in [2.24, 2.45) is 5.73 Å². The van der Waals surface area contributed by atoms with E-state index in [1.165, 1.54) is 51.0 Å². The van der Waals surface area contributed by atoms with Crippen LogP contribution < -0.4 is 33.4 Å². The van der Waals surface area contributed by atoms with Crippen molar-refractivity contribution >= 4 is 38.9 Å². The van der Waals surface area contributed by atoms with E-state index in [0.29, 0.717) is 47.4 Å². The van der Waals surface area contributed by atoms with Gasteiger partial charge in [0.05, 0.1) is 16.9 Å². The minimum absolute atomic E-state index is 0. The zero-order chi connectivity index (χ0) is 32.4. The molecule has 0 spiro atoms. The molecule has 0 aliphatic heterocycles. The predicted octanol–water partition coefficient (Wildman–Crippen LogP) is 3.24. The van der Waals surface area contributed by atoms with Crippen molar-refractivity contribution in [3.63, 3.8) is 0 Å². The number of nitrogens with zero attached hydrogens (tertiary/aromatic N) is 3. The lowest BCUT2D eigenvalue weighted by atomic mass is 9.93. The number of H-pyrrole nitrogens is 2. The molecule has 0 aromatic carbocycles. The second kappa shape index (κ2) is 17.2. The number of nitrogens with one attached hydrogen (secondary N) is 3. The Bertz CT molecular complexity index is 1900. The molecule has 4 aromatic rings. The topological polar surface area (TPSA) is 231 Å². The highest BCUT2D eigenvalue weighted by molar-refractivity contribution is 7.84. The number of aromatic amines is 2. The Hall–Kier alpha value is -4.42. The van der Waals surface area contributed by atoms with Crippen LogP contribution in [-0.4, -0.2) is 42.5 Å². The monoisotopic (exact) mass is 643 g/mol. The van der Waals surface area contributed by atoms with E-state index >= 15 is 0 Å². The fourth-order valence-corrected chi connectivity index (χ4v) is 4.67. The zero-order valence-corrected chi connectivity index (χ0v) is 26.0. The summed E-state index contributed by atoms with van der Waals surface area (Å²) in [6.07, 6.45) is 9.70. The summed E-state index contributed by atoms with van der Waals surface area (Å²) in [6, 6.07) is 5.27. The first-order valence-electron chi connectivity index (χ1n) is 14.3. The van der Waals surface area contributed by atoms with Gasteiger partial charge in [-0.25, -0.2) is 9.59 Å². The van der Waals surface area contributed by atoms with Gasteiger partial charge in [0.2, 0.25) is 22.5 Å². The van der Waals surface area contributed by atoms with Crippen LogP contribution in [0.1, 0.15) is 77.8 Å². The molecule has 2 saturated carbocycles. The fraction of sp³-hybridized carbons (Fsp3) is 0.500. The van der Waals surface area contributed by atoms with Gasteiger partial charge in [-0.2, -0.15) is 15.2 Å². The highest BCUT2D eigenvalue weighted by atomic mass is 32.2. The van der Waals surface area contributed by atoms with Gasteiger partial charge < -0.3 is 19.9 Å². The number of hydrogen-bond acceptors (Lipinski definition) is 12. The van der Waals surface area contributed by atoms with E-state index in [9.17, 15) is 23.4 Å². The number of nitrogens with two attached hydrogens (primary N) is 1. The maximum Gasteiger partial charge on any atom is 0.337 e. The van der Waals surface area contributed by atoms with Crippen molar-refractivity contribution in [3.8, 4) is 6.07 Å². The number of rotatable bonds is 5. The highest BCUT2D eigenvalue weighted by Gasteiger charge is 2.19. The van der Waals surface area contributed by atoms with Crippen molar-refractivity contribution in [3.05, 3.63) is 64.8 Å². The van der Waals surface area contributed by atoms with Crippen LogP contribution in [0.4, 0.5) is 5.95 Å². The maximum absolute atomic E-state index is 12.1. The molecule has 0 radical (unpaired) electrons. The summed E-state index contributed by atoms with van der Waals surface area (Å²) in [6.45, 7) is 5.13. The normalized spacial score (nSPS) is 14.4. The first-order chi connectivity index (χ1) is 21.0. The van der Waals surface area contributed by atoms with E-state index in [0.717, 1.165) is 12.8 Å². The second-order valence-corrected chi connectivity index (χ2v) is 11.5. The molecule has 4 aromatic heterocycles. The van der Waals surface area contributed by atoms with Crippen LogP contribution in [0, 0.1) is 11.3 Å². The average Bonchev–Trinajstić information content (AvgIpc) is 2.93. The van der Waals surface area contributed by atoms with Crippen molar-refractivity contribution in [2.45, 2.75) is 96.8 Å². The summed E-state index contributed by atoms with van der Waals surface area (Å²) in [4.78, 5) is 59.8. The molecular formula is C30H41N7O7S. The lowest BCUT2D eigenvalue weighted by Crippen LogP contribution is -2.29. The predicted molar refractivity (Wildman–Crippen MR) is 174 cm³/mol. The SMILES string of the molecule is C.CC#N.CCc1cc(=O)oc2nc(NC3CCC3)[nH]c(=O)c12.CCc1cc(=O)oc2nc(S(C)=O)[nH]c(=O)c12.NC1CCC1. The van der Waals surface area contributed by atoms with Gasteiger partial charge in [-0.1, -0.05) is 27.7 Å². The molecule has 1 atom stereocenters. The lowest BCUT2D eigenvalue weighted by molar-refractivity contribution is 0.418. The molecule has 45 heavy (non-hydrogen) atoms. The van der Waals surface area contributed by atoms with Crippen LogP contribution in [0.5, 0.6) is 0 Å². The van der Waals surface area contributed by atoms with Crippen molar-refractivity contribution in [1.29, 1.82) is 5.26 Å². The lowest BCUT2D eigenvalue weighted by Gasteiger charge is -2.26. The molecule has 6 rings (SSSR count). The summed E-state index contributed by atoms with van der Waals surface area (Å²) in [5.74, 6) is 0.374. The molecule has 0 bridgehead atoms. The Morgan fingerprint density at radius 3 is 1.76 bits per heavy atom. The third kappa shape index (κ3) is 9.79. The quantitative estimate of drug-likeness (QED) is 0.230. The van der Waals surface area contributed by atoms with Gasteiger partial charge in [-0.3, -0.25) is 23.8 Å². The summed E-state index contributed by atoms with van der Waals surface area (Å²) < 4.78 is 21.1. The molecule has 0 amide bonds. The third-order valence-corrected chi connectivity index (χ3v) is 7.74. The average molecular weight is 644 g/mol. The Morgan fingerprint density at radius 1 is 0.933 bits per heavy atom. The molecule has 2 aliphatic carbocycles. The van der Waals surface area contributed by atoms with E-state index in [1.807, 2.05) is 13.8 Å². The van der Waals surface area contributed by atoms with Crippen LogP contribution in [0.3, 0.4) is 0 Å². The van der Waals surface area contributed by atoms with Gasteiger partial charge in [0.25, 0.3) is 11.1 Å². The van der Waals surface area contributed by atoms with Crippen LogP contribution in [0.2, 0.25) is 0 Å². The van der Waals surface area contributed by atoms with Gasteiger partial charge in [0, 0.05) is 37.4 Å². The summed E-state index contributed by atoms with van der Waals surface area (Å²) >= 11 is 0. The molecule has 1 unspecified atom stereocenters. The fourth-order valence-electron chi connectivity index (χ4n) is 4.23. The number of nitriles is 1.